The van der Waals surface area contributed by atoms with E-state index in [1.54, 1.807) is 18.2 Å². The molecule has 2 aliphatic rings. The second kappa shape index (κ2) is 8.12. The lowest BCUT2D eigenvalue weighted by atomic mass is 9.64. The molecule has 5 nitrogen and oxygen atoms in total. The molecule has 4 rings (SSSR count). The van der Waals surface area contributed by atoms with Gasteiger partial charge in [0.2, 0.25) is 11.8 Å². The largest absolute Gasteiger partial charge is 0.376 e. The Morgan fingerprint density at radius 2 is 1.84 bits per heavy atom. The molecule has 2 heterocycles. The molecule has 2 aromatic carbocycles. The molecule has 1 fully saturated rings. The summed E-state index contributed by atoms with van der Waals surface area (Å²) in [6.07, 6.45) is -0.566. The van der Waals surface area contributed by atoms with Crippen molar-refractivity contribution in [3.05, 3.63) is 63.6 Å². The molecule has 0 aromatic heterocycles. The molecule has 31 heavy (non-hydrogen) atoms. The van der Waals surface area contributed by atoms with Gasteiger partial charge >= 0.3 is 0 Å². The maximum atomic E-state index is 13.8. The van der Waals surface area contributed by atoms with E-state index in [0.29, 0.717) is 28.9 Å². The fourth-order valence-corrected chi connectivity index (χ4v) is 5.01. The average molecular weight is 461 g/mol. The number of anilines is 1. The molecule has 0 radical (unpaired) electrons. The Hall–Kier alpha value is -2.08. The van der Waals surface area contributed by atoms with Crippen molar-refractivity contribution in [3.8, 4) is 0 Å². The number of hydrogen-bond donors (Lipinski definition) is 2. The zero-order chi connectivity index (χ0) is 22.4. The number of carbonyl (C=O) groups excluding carboxylic acids is 2. The van der Waals surface area contributed by atoms with E-state index in [4.69, 9.17) is 27.9 Å². The van der Waals surface area contributed by atoms with Crippen molar-refractivity contribution in [3.63, 3.8) is 0 Å². The zero-order valence-electron chi connectivity index (χ0n) is 17.8. The van der Waals surface area contributed by atoms with Gasteiger partial charge in [-0.15, -0.1) is 0 Å². The lowest BCUT2D eigenvalue weighted by Gasteiger charge is -2.41. The molecule has 2 unspecified atom stereocenters. The number of halogens is 2. The molecule has 1 spiro atoms. The summed E-state index contributed by atoms with van der Waals surface area (Å²) < 4.78 is 6.39. The molecule has 3 atom stereocenters. The summed E-state index contributed by atoms with van der Waals surface area (Å²) in [6.45, 7) is 6.89. The second-order valence-electron chi connectivity index (χ2n) is 9.49. The van der Waals surface area contributed by atoms with Crippen molar-refractivity contribution in [2.75, 3.05) is 18.5 Å². The molecular formula is C24H26Cl2N2O3. The first-order valence-corrected chi connectivity index (χ1v) is 11.1. The first kappa shape index (κ1) is 22.1. The highest BCUT2D eigenvalue weighted by molar-refractivity contribution is 6.31. The van der Waals surface area contributed by atoms with E-state index in [2.05, 4.69) is 31.4 Å². The smallest absolute Gasteiger partial charge is 0.238 e. The maximum absolute atomic E-state index is 13.8. The lowest BCUT2D eigenvalue weighted by molar-refractivity contribution is -0.133. The zero-order valence-corrected chi connectivity index (χ0v) is 19.3. The SMILES string of the molecule is CC(C)(C)CO[C@H]1CC(=O)NCC(c2cccc(Cl)c2)C12C(=O)Nc1cc(Cl)ccc12. The molecule has 2 aliphatic heterocycles. The standard InChI is InChI=1S/C24H26Cl2N2O3/c1-23(2,3)13-31-20-11-21(29)27-12-18(14-5-4-6-15(25)9-14)24(20)17-8-7-16(26)10-19(17)28-22(24)30/h4-10,18,20H,11-13H2,1-3H3,(H,27,29)(H,28,30)/t18?,20-,24?/m0/s1. The number of carbonyl (C=O) groups is 2. The van der Waals surface area contributed by atoms with Crippen LogP contribution in [0.5, 0.6) is 0 Å². The van der Waals surface area contributed by atoms with Gasteiger partial charge in [0.1, 0.15) is 5.41 Å². The molecule has 164 valence electrons. The summed E-state index contributed by atoms with van der Waals surface area (Å²) in [6, 6.07) is 12.8. The Morgan fingerprint density at radius 3 is 2.55 bits per heavy atom. The highest BCUT2D eigenvalue weighted by Gasteiger charge is 2.60. The number of hydrogen-bond acceptors (Lipinski definition) is 3. The van der Waals surface area contributed by atoms with Gasteiger partial charge in [0.05, 0.1) is 19.1 Å². The fraction of sp³-hybridized carbons (Fsp3) is 0.417. The van der Waals surface area contributed by atoms with Crippen LogP contribution in [0.25, 0.3) is 0 Å². The Bertz CT molecular complexity index is 1030. The Morgan fingerprint density at radius 1 is 1.10 bits per heavy atom. The normalized spacial score (nSPS) is 25.7. The van der Waals surface area contributed by atoms with Crippen molar-refractivity contribution in [1.29, 1.82) is 0 Å². The average Bonchev–Trinajstić information content (AvgIpc) is 2.86. The number of amides is 2. The van der Waals surface area contributed by atoms with Crippen LogP contribution in [0, 0.1) is 5.41 Å². The highest BCUT2D eigenvalue weighted by atomic mass is 35.5. The van der Waals surface area contributed by atoms with Gasteiger partial charge in [0.25, 0.3) is 0 Å². The van der Waals surface area contributed by atoms with Gasteiger partial charge in [0, 0.05) is 28.2 Å². The molecule has 2 amide bonds. The van der Waals surface area contributed by atoms with Gasteiger partial charge in [-0.05, 0) is 40.8 Å². The molecule has 7 heteroatoms. The highest BCUT2D eigenvalue weighted by Crippen LogP contribution is 2.52. The Labute approximate surface area is 192 Å². The van der Waals surface area contributed by atoms with E-state index in [1.165, 1.54) is 0 Å². The quantitative estimate of drug-likeness (QED) is 0.682. The summed E-state index contributed by atoms with van der Waals surface area (Å²) in [5.41, 5.74) is 1.09. The van der Waals surface area contributed by atoms with E-state index in [-0.39, 0.29) is 29.6 Å². The summed E-state index contributed by atoms with van der Waals surface area (Å²) in [7, 11) is 0. The van der Waals surface area contributed by atoms with Crippen molar-refractivity contribution in [2.24, 2.45) is 5.41 Å². The molecule has 2 aromatic rings. The minimum absolute atomic E-state index is 0.0859. The first-order valence-electron chi connectivity index (χ1n) is 10.4. The summed E-state index contributed by atoms with van der Waals surface area (Å²) in [5, 5.41) is 7.10. The van der Waals surface area contributed by atoms with Crippen LogP contribution < -0.4 is 10.6 Å². The number of rotatable bonds is 3. The lowest BCUT2D eigenvalue weighted by Crippen LogP contribution is -2.52. The molecular weight excluding hydrogens is 435 g/mol. The number of nitrogens with one attached hydrogen (secondary N) is 2. The summed E-state index contributed by atoms with van der Waals surface area (Å²) in [4.78, 5) is 26.5. The molecule has 2 N–H and O–H groups in total. The van der Waals surface area contributed by atoms with Crippen LogP contribution >= 0.6 is 23.2 Å². The van der Waals surface area contributed by atoms with Gasteiger partial charge < -0.3 is 15.4 Å². The minimum atomic E-state index is -1.10. The van der Waals surface area contributed by atoms with Crippen molar-refractivity contribution in [1.82, 2.24) is 5.32 Å². The topological polar surface area (TPSA) is 67.4 Å². The third-order valence-electron chi connectivity index (χ3n) is 5.95. The Balaban J connectivity index is 1.94. The van der Waals surface area contributed by atoms with Crippen LogP contribution in [0.4, 0.5) is 5.69 Å². The molecule has 0 aliphatic carbocycles. The van der Waals surface area contributed by atoms with Crippen molar-refractivity contribution >= 4 is 40.7 Å². The van der Waals surface area contributed by atoms with Crippen LogP contribution in [0.3, 0.4) is 0 Å². The summed E-state index contributed by atoms with van der Waals surface area (Å²) in [5.74, 6) is -0.701. The predicted molar refractivity (Wildman–Crippen MR) is 123 cm³/mol. The van der Waals surface area contributed by atoms with Crippen LogP contribution in [0.2, 0.25) is 10.0 Å². The first-order chi connectivity index (χ1) is 14.6. The minimum Gasteiger partial charge on any atom is -0.376 e. The van der Waals surface area contributed by atoms with Crippen molar-refractivity contribution < 1.29 is 14.3 Å². The fourth-order valence-electron chi connectivity index (χ4n) is 4.64. The van der Waals surface area contributed by atoms with Gasteiger partial charge in [-0.2, -0.15) is 0 Å². The third-order valence-corrected chi connectivity index (χ3v) is 6.42. The van der Waals surface area contributed by atoms with E-state index < -0.39 is 11.5 Å². The second-order valence-corrected chi connectivity index (χ2v) is 10.4. The van der Waals surface area contributed by atoms with E-state index in [9.17, 15) is 9.59 Å². The van der Waals surface area contributed by atoms with Crippen LogP contribution in [0.15, 0.2) is 42.5 Å². The van der Waals surface area contributed by atoms with Gasteiger partial charge in [-0.25, -0.2) is 0 Å². The van der Waals surface area contributed by atoms with E-state index >= 15 is 0 Å². The van der Waals surface area contributed by atoms with Crippen LogP contribution in [0.1, 0.15) is 44.2 Å². The predicted octanol–water partition coefficient (Wildman–Crippen LogP) is 4.92. The van der Waals surface area contributed by atoms with Crippen LogP contribution in [-0.2, 0) is 19.7 Å². The number of ether oxygens (including phenoxy) is 1. The van der Waals surface area contributed by atoms with Gasteiger partial charge in [0.15, 0.2) is 0 Å². The van der Waals surface area contributed by atoms with Crippen LogP contribution in [-0.4, -0.2) is 31.1 Å². The van der Waals surface area contributed by atoms with Gasteiger partial charge in [-0.3, -0.25) is 9.59 Å². The number of benzene rings is 2. The van der Waals surface area contributed by atoms with E-state index in [1.807, 2.05) is 24.3 Å². The molecule has 0 saturated carbocycles. The molecule has 0 bridgehead atoms. The van der Waals surface area contributed by atoms with Gasteiger partial charge in [-0.1, -0.05) is 62.2 Å². The maximum Gasteiger partial charge on any atom is 0.238 e. The van der Waals surface area contributed by atoms with E-state index in [0.717, 1.165) is 11.1 Å². The third kappa shape index (κ3) is 4.07. The number of fused-ring (bicyclic) bond motifs is 2. The monoisotopic (exact) mass is 460 g/mol. The summed E-state index contributed by atoms with van der Waals surface area (Å²) >= 11 is 12.5. The Kier molecular flexibility index (Phi) is 5.80. The molecule has 1 saturated heterocycles. The van der Waals surface area contributed by atoms with Crippen molar-refractivity contribution in [2.45, 2.75) is 44.6 Å².